The quantitative estimate of drug-likeness (QED) is 0.687. The molecular weight excluding hydrogens is 353 g/mol. The highest BCUT2D eigenvalue weighted by Gasteiger charge is 2.33. The van der Waals surface area contributed by atoms with Crippen LogP contribution in [-0.4, -0.2) is 21.1 Å². The Morgan fingerprint density at radius 1 is 1.07 bits per heavy atom. The topological polar surface area (TPSA) is 42.7 Å². The van der Waals surface area contributed by atoms with Gasteiger partial charge in [-0.1, -0.05) is 20.8 Å². The van der Waals surface area contributed by atoms with Crippen LogP contribution in [-0.2, 0) is 19.0 Å². The first kappa shape index (κ1) is 17.8. The number of hydrogen-bond donors (Lipinski definition) is 1. The molecule has 2 aromatic heterocycles. The standard InChI is InChI=1S/C20H21F3N4/c1-19(2,3)11-17-25-15-6-7-16(20(21,22)23)26-18(15)27(17)13-4-5-14-12(10-13)8-9-24-14/h4-7,10,24H,8-9,11H2,1-3H3. The molecule has 3 aromatic rings. The Morgan fingerprint density at radius 2 is 1.85 bits per heavy atom. The van der Waals surface area contributed by atoms with E-state index in [9.17, 15) is 13.2 Å². The molecule has 142 valence electrons. The van der Waals surface area contributed by atoms with E-state index in [1.54, 1.807) is 4.57 Å². The van der Waals surface area contributed by atoms with Crippen LogP contribution in [0.3, 0.4) is 0 Å². The van der Waals surface area contributed by atoms with Crippen LogP contribution in [0.2, 0.25) is 0 Å². The summed E-state index contributed by atoms with van der Waals surface area (Å²) >= 11 is 0. The summed E-state index contributed by atoms with van der Waals surface area (Å²) in [5.41, 5.74) is 2.78. The molecule has 3 heterocycles. The van der Waals surface area contributed by atoms with Crippen molar-refractivity contribution in [1.82, 2.24) is 14.5 Å². The molecule has 0 atom stereocenters. The number of nitrogens with zero attached hydrogens (tertiary/aromatic N) is 3. The van der Waals surface area contributed by atoms with Crippen molar-refractivity contribution in [2.45, 2.75) is 39.8 Å². The van der Waals surface area contributed by atoms with Crippen molar-refractivity contribution in [2.24, 2.45) is 5.41 Å². The first-order chi connectivity index (χ1) is 12.6. The smallest absolute Gasteiger partial charge is 0.384 e. The highest BCUT2D eigenvalue weighted by atomic mass is 19.4. The van der Waals surface area contributed by atoms with Gasteiger partial charge in [0.05, 0.1) is 0 Å². The second-order valence-electron chi connectivity index (χ2n) is 8.16. The molecule has 1 aliphatic heterocycles. The number of pyridine rings is 1. The van der Waals surface area contributed by atoms with Gasteiger partial charge >= 0.3 is 6.18 Å². The number of hydrogen-bond acceptors (Lipinski definition) is 3. The lowest BCUT2D eigenvalue weighted by atomic mass is 9.92. The Balaban J connectivity index is 1.95. The molecule has 0 saturated carbocycles. The van der Waals surface area contributed by atoms with Gasteiger partial charge in [-0.2, -0.15) is 13.2 Å². The van der Waals surface area contributed by atoms with Gasteiger partial charge in [-0.25, -0.2) is 9.97 Å². The van der Waals surface area contributed by atoms with Crippen molar-refractivity contribution < 1.29 is 13.2 Å². The van der Waals surface area contributed by atoms with Crippen molar-refractivity contribution >= 4 is 16.9 Å². The number of alkyl halides is 3. The summed E-state index contributed by atoms with van der Waals surface area (Å²) in [6, 6.07) is 8.30. The highest BCUT2D eigenvalue weighted by molar-refractivity contribution is 5.75. The fraction of sp³-hybridized carbons (Fsp3) is 0.400. The monoisotopic (exact) mass is 374 g/mol. The minimum atomic E-state index is -4.49. The number of anilines is 1. The number of rotatable bonds is 2. The van der Waals surface area contributed by atoms with Crippen LogP contribution in [0.4, 0.5) is 18.9 Å². The van der Waals surface area contributed by atoms with Gasteiger partial charge in [0.15, 0.2) is 5.65 Å². The van der Waals surface area contributed by atoms with E-state index in [2.05, 4.69) is 36.1 Å². The fourth-order valence-electron chi connectivity index (χ4n) is 3.46. The molecule has 4 rings (SSSR count). The van der Waals surface area contributed by atoms with Gasteiger partial charge in [0.2, 0.25) is 0 Å². The van der Waals surface area contributed by atoms with Crippen molar-refractivity contribution in [3.8, 4) is 5.69 Å². The van der Waals surface area contributed by atoms with E-state index in [0.717, 1.165) is 41.8 Å². The number of halogens is 3. The lowest BCUT2D eigenvalue weighted by molar-refractivity contribution is -0.141. The summed E-state index contributed by atoms with van der Waals surface area (Å²) in [4.78, 5) is 8.54. The van der Waals surface area contributed by atoms with Crippen LogP contribution in [0.25, 0.3) is 16.9 Å². The third-order valence-electron chi connectivity index (χ3n) is 4.61. The molecule has 0 fully saturated rings. The molecule has 0 saturated heterocycles. The van der Waals surface area contributed by atoms with Gasteiger partial charge in [-0.15, -0.1) is 0 Å². The van der Waals surface area contributed by atoms with Crippen molar-refractivity contribution in [1.29, 1.82) is 0 Å². The van der Waals surface area contributed by atoms with Crippen molar-refractivity contribution in [3.63, 3.8) is 0 Å². The Morgan fingerprint density at radius 3 is 2.56 bits per heavy atom. The van der Waals surface area contributed by atoms with E-state index in [-0.39, 0.29) is 11.1 Å². The summed E-state index contributed by atoms with van der Waals surface area (Å²) in [6.45, 7) is 7.11. The molecule has 0 radical (unpaired) electrons. The molecule has 1 aliphatic rings. The van der Waals surface area contributed by atoms with E-state index in [1.165, 1.54) is 6.07 Å². The van der Waals surface area contributed by atoms with Crippen LogP contribution in [0.15, 0.2) is 30.3 Å². The van der Waals surface area contributed by atoms with E-state index in [1.807, 2.05) is 18.2 Å². The van der Waals surface area contributed by atoms with E-state index < -0.39 is 11.9 Å². The summed E-state index contributed by atoms with van der Waals surface area (Å²) in [7, 11) is 0. The Kier molecular flexibility index (Phi) is 3.94. The first-order valence-electron chi connectivity index (χ1n) is 8.95. The summed E-state index contributed by atoms with van der Waals surface area (Å²) in [5, 5.41) is 3.30. The number of benzene rings is 1. The molecule has 7 heteroatoms. The Bertz CT molecular complexity index is 1010. The van der Waals surface area contributed by atoms with Gasteiger partial charge in [0, 0.05) is 24.3 Å². The maximum absolute atomic E-state index is 13.2. The van der Waals surface area contributed by atoms with Crippen LogP contribution < -0.4 is 5.32 Å². The Hall–Kier alpha value is -2.57. The van der Waals surface area contributed by atoms with Crippen molar-refractivity contribution in [2.75, 3.05) is 11.9 Å². The lowest BCUT2D eigenvalue weighted by Gasteiger charge is -2.19. The molecule has 0 bridgehead atoms. The van der Waals surface area contributed by atoms with E-state index in [4.69, 9.17) is 0 Å². The third-order valence-corrected chi connectivity index (χ3v) is 4.61. The zero-order valence-electron chi connectivity index (χ0n) is 15.5. The van der Waals surface area contributed by atoms with Crippen molar-refractivity contribution in [3.05, 3.63) is 47.4 Å². The zero-order valence-corrected chi connectivity index (χ0v) is 15.5. The second kappa shape index (κ2) is 5.97. The zero-order chi connectivity index (χ0) is 19.4. The molecule has 4 nitrogen and oxygen atoms in total. The third kappa shape index (κ3) is 3.38. The maximum Gasteiger partial charge on any atom is 0.433 e. The molecule has 1 aromatic carbocycles. The largest absolute Gasteiger partial charge is 0.433 e. The van der Waals surface area contributed by atoms with Gasteiger partial charge in [-0.05, 0) is 47.7 Å². The molecule has 1 N–H and O–H groups in total. The second-order valence-corrected chi connectivity index (χ2v) is 8.16. The first-order valence-corrected chi connectivity index (χ1v) is 8.95. The van der Waals surface area contributed by atoms with Gasteiger partial charge in [0.1, 0.15) is 17.0 Å². The van der Waals surface area contributed by atoms with Crippen LogP contribution in [0, 0.1) is 5.41 Å². The number of aromatic nitrogens is 3. The maximum atomic E-state index is 13.2. The molecule has 0 aliphatic carbocycles. The number of nitrogens with one attached hydrogen (secondary N) is 1. The number of fused-ring (bicyclic) bond motifs is 2. The molecular formula is C20H21F3N4. The van der Waals surface area contributed by atoms with E-state index >= 15 is 0 Å². The van der Waals surface area contributed by atoms with Crippen LogP contribution >= 0.6 is 0 Å². The molecule has 27 heavy (non-hydrogen) atoms. The van der Waals surface area contributed by atoms with Gasteiger partial charge in [0.25, 0.3) is 0 Å². The van der Waals surface area contributed by atoms with Gasteiger partial charge < -0.3 is 5.32 Å². The fourth-order valence-corrected chi connectivity index (χ4v) is 3.46. The predicted molar refractivity (Wildman–Crippen MR) is 99.2 cm³/mol. The molecule has 0 unspecified atom stereocenters. The van der Waals surface area contributed by atoms with Crippen LogP contribution in [0.5, 0.6) is 0 Å². The van der Waals surface area contributed by atoms with Gasteiger partial charge in [-0.3, -0.25) is 4.57 Å². The Labute approximate surface area is 155 Å². The average Bonchev–Trinajstić information content (AvgIpc) is 3.14. The highest BCUT2D eigenvalue weighted by Crippen LogP contribution is 2.33. The minimum Gasteiger partial charge on any atom is -0.384 e. The van der Waals surface area contributed by atoms with Crippen LogP contribution in [0.1, 0.15) is 37.9 Å². The SMILES string of the molecule is CC(C)(C)Cc1nc2ccc(C(F)(F)F)nc2n1-c1ccc2c(c1)CCN2. The van der Waals surface area contributed by atoms with E-state index in [0.29, 0.717) is 11.9 Å². The predicted octanol–water partition coefficient (Wildman–Crippen LogP) is 5.00. The minimum absolute atomic E-state index is 0.0652. The molecule has 0 spiro atoms. The number of imidazole rings is 1. The summed E-state index contributed by atoms with van der Waals surface area (Å²) < 4.78 is 41.4. The normalized spacial score (nSPS) is 14.4. The average molecular weight is 374 g/mol. The molecule has 0 amide bonds. The summed E-state index contributed by atoms with van der Waals surface area (Å²) in [6.07, 6.45) is -2.97. The lowest BCUT2D eigenvalue weighted by Crippen LogP contribution is -2.14. The summed E-state index contributed by atoms with van der Waals surface area (Å²) in [5.74, 6) is 0.718.